The largest absolute Gasteiger partial charge is 0.310 e. The number of benzene rings is 1. The van der Waals surface area contributed by atoms with Crippen LogP contribution in [0.5, 0.6) is 0 Å². The Kier molecular flexibility index (Phi) is 1.72. The quantitative estimate of drug-likeness (QED) is 0.749. The number of fused-ring (bicyclic) bond motifs is 1. The van der Waals surface area contributed by atoms with Crippen LogP contribution in [0.3, 0.4) is 0 Å². The molecular formula is C13H17N. The summed E-state index contributed by atoms with van der Waals surface area (Å²) in [7, 11) is 2.10. The van der Waals surface area contributed by atoms with Crippen molar-refractivity contribution in [1.29, 1.82) is 0 Å². The molecule has 1 fully saturated rings. The molecule has 0 aliphatic heterocycles. The van der Waals surface area contributed by atoms with Crippen molar-refractivity contribution >= 4 is 0 Å². The first kappa shape index (κ1) is 8.49. The molecule has 0 amide bonds. The molecule has 74 valence electrons. The molecule has 14 heavy (non-hydrogen) atoms. The van der Waals surface area contributed by atoms with E-state index in [1.807, 2.05) is 0 Å². The molecule has 0 radical (unpaired) electrons. The molecule has 0 bridgehead atoms. The highest BCUT2D eigenvalue weighted by Crippen LogP contribution is 2.48. The summed E-state index contributed by atoms with van der Waals surface area (Å²) in [4.78, 5) is 0. The van der Waals surface area contributed by atoms with E-state index in [9.17, 15) is 0 Å². The van der Waals surface area contributed by atoms with E-state index in [1.54, 1.807) is 16.7 Å². The van der Waals surface area contributed by atoms with Gasteiger partial charge < -0.3 is 5.32 Å². The number of hydrogen-bond donors (Lipinski definition) is 1. The lowest BCUT2D eigenvalue weighted by Gasteiger charge is -2.18. The lowest BCUT2D eigenvalue weighted by molar-refractivity contribution is 0.580. The van der Waals surface area contributed by atoms with E-state index in [0.717, 1.165) is 0 Å². The van der Waals surface area contributed by atoms with Crippen LogP contribution in [-0.2, 0) is 18.4 Å². The molecule has 1 aromatic rings. The van der Waals surface area contributed by atoms with E-state index in [-0.39, 0.29) is 0 Å². The Labute approximate surface area is 85.5 Å². The molecule has 2 aliphatic rings. The van der Waals surface area contributed by atoms with E-state index in [4.69, 9.17) is 0 Å². The molecule has 1 saturated carbocycles. The van der Waals surface area contributed by atoms with E-state index in [1.165, 1.54) is 32.1 Å². The van der Waals surface area contributed by atoms with Crippen molar-refractivity contribution in [1.82, 2.24) is 5.32 Å². The Bertz CT molecular complexity index is 363. The average Bonchev–Trinajstić information content (AvgIpc) is 2.87. The third-order valence-corrected chi connectivity index (χ3v) is 3.89. The second-order valence-electron chi connectivity index (χ2n) is 4.63. The first-order valence-electron chi connectivity index (χ1n) is 5.66. The van der Waals surface area contributed by atoms with E-state index >= 15 is 0 Å². The smallest absolute Gasteiger partial charge is 0.0436 e. The zero-order chi connectivity index (χ0) is 9.60. The minimum atomic E-state index is 0.357. The summed E-state index contributed by atoms with van der Waals surface area (Å²) in [5.41, 5.74) is 5.20. The van der Waals surface area contributed by atoms with Gasteiger partial charge in [-0.05, 0) is 55.8 Å². The fraction of sp³-hybridized carbons (Fsp3) is 0.538. The average molecular weight is 187 g/mol. The van der Waals surface area contributed by atoms with Gasteiger partial charge in [0, 0.05) is 5.54 Å². The van der Waals surface area contributed by atoms with Crippen LogP contribution < -0.4 is 5.32 Å². The second kappa shape index (κ2) is 2.83. The number of aryl methyl sites for hydroxylation is 1. The van der Waals surface area contributed by atoms with Crippen molar-refractivity contribution < 1.29 is 0 Å². The van der Waals surface area contributed by atoms with Gasteiger partial charge in [-0.25, -0.2) is 0 Å². The Morgan fingerprint density at radius 1 is 1.21 bits per heavy atom. The van der Waals surface area contributed by atoms with E-state index in [0.29, 0.717) is 5.54 Å². The van der Waals surface area contributed by atoms with Crippen LogP contribution in [-0.4, -0.2) is 7.05 Å². The molecule has 1 heteroatoms. The minimum Gasteiger partial charge on any atom is -0.310 e. The Morgan fingerprint density at radius 3 is 2.79 bits per heavy atom. The highest BCUT2D eigenvalue weighted by atomic mass is 15.0. The van der Waals surface area contributed by atoms with Gasteiger partial charge in [0.15, 0.2) is 0 Å². The van der Waals surface area contributed by atoms with Crippen LogP contribution in [0.4, 0.5) is 0 Å². The van der Waals surface area contributed by atoms with Gasteiger partial charge in [0.1, 0.15) is 0 Å². The topological polar surface area (TPSA) is 12.0 Å². The predicted molar refractivity (Wildman–Crippen MR) is 58.4 cm³/mol. The fourth-order valence-corrected chi connectivity index (χ4v) is 2.85. The molecule has 3 rings (SSSR count). The number of nitrogens with one attached hydrogen (secondary N) is 1. The maximum Gasteiger partial charge on any atom is 0.0436 e. The van der Waals surface area contributed by atoms with Crippen LogP contribution >= 0.6 is 0 Å². The van der Waals surface area contributed by atoms with Crippen molar-refractivity contribution in [3.63, 3.8) is 0 Å². The molecular weight excluding hydrogens is 170 g/mol. The lowest BCUT2D eigenvalue weighted by Crippen LogP contribution is -2.25. The predicted octanol–water partition coefficient (Wildman–Crippen LogP) is 2.38. The van der Waals surface area contributed by atoms with Crippen molar-refractivity contribution in [2.75, 3.05) is 7.05 Å². The SMILES string of the molecule is CNC1(c2cccc3c2CCC3)CC1. The highest BCUT2D eigenvalue weighted by Gasteiger charge is 2.44. The van der Waals surface area contributed by atoms with Crippen LogP contribution in [0.15, 0.2) is 18.2 Å². The van der Waals surface area contributed by atoms with Crippen molar-refractivity contribution in [3.05, 3.63) is 34.9 Å². The molecule has 0 heterocycles. The second-order valence-corrected chi connectivity index (χ2v) is 4.63. The number of rotatable bonds is 2. The van der Waals surface area contributed by atoms with Gasteiger partial charge in [-0.15, -0.1) is 0 Å². The monoisotopic (exact) mass is 187 g/mol. The molecule has 2 aliphatic carbocycles. The van der Waals surface area contributed by atoms with Gasteiger partial charge in [-0.1, -0.05) is 18.2 Å². The molecule has 1 nitrogen and oxygen atoms in total. The van der Waals surface area contributed by atoms with Crippen LogP contribution in [0.25, 0.3) is 0 Å². The van der Waals surface area contributed by atoms with Gasteiger partial charge in [0.2, 0.25) is 0 Å². The minimum absolute atomic E-state index is 0.357. The van der Waals surface area contributed by atoms with Crippen LogP contribution in [0, 0.1) is 0 Å². The van der Waals surface area contributed by atoms with E-state index < -0.39 is 0 Å². The molecule has 0 aromatic heterocycles. The third-order valence-electron chi connectivity index (χ3n) is 3.89. The first-order chi connectivity index (χ1) is 6.86. The molecule has 1 N–H and O–H groups in total. The van der Waals surface area contributed by atoms with Crippen molar-refractivity contribution in [2.24, 2.45) is 0 Å². The van der Waals surface area contributed by atoms with Gasteiger partial charge in [-0.3, -0.25) is 0 Å². The maximum atomic E-state index is 3.50. The van der Waals surface area contributed by atoms with Gasteiger partial charge in [0.05, 0.1) is 0 Å². The van der Waals surface area contributed by atoms with Gasteiger partial charge in [-0.2, -0.15) is 0 Å². The first-order valence-corrected chi connectivity index (χ1v) is 5.66. The summed E-state index contributed by atoms with van der Waals surface area (Å²) in [6.07, 6.45) is 6.59. The fourth-order valence-electron chi connectivity index (χ4n) is 2.85. The Hall–Kier alpha value is -0.820. The van der Waals surface area contributed by atoms with Crippen molar-refractivity contribution in [2.45, 2.75) is 37.6 Å². The number of hydrogen-bond acceptors (Lipinski definition) is 1. The summed E-state index contributed by atoms with van der Waals surface area (Å²) in [5.74, 6) is 0. The Balaban J connectivity index is 2.10. The van der Waals surface area contributed by atoms with Crippen LogP contribution in [0.2, 0.25) is 0 Å². The molecule has 1 aromatic carbocycles. The molecule has 0 spiro atoms. The summed E-state index contributed by atoms with van der Waals surface area (Å²) in [6, 6.07) is 6.86. The molecule has 0 saturated heterocycles. The standard InChI is InChI=1S/C13H17N/c1-14-13(8-9-13)12-7-3-5-10-4-2-6-11(10)12/h3,5,7,14H,2,4,6,8-9H2,1H3. The zero-order valence-electron chi connectivity index (χ0n) is 8.77. The van der Waals surface area contributed by atoms with Gasteiger partial charge >= 0.3 is 0 Å². The summed E-state index contributed by atoms with van der Waals surface area (Å²) in [6.45, 7) is 0. The Morgan fingerprint density at radius 2 is 2.07 bits per heavy atom. The maximum absolute atomic E-state index is 3.50. The van der Waals surface area contributed by atoms with Crippen molar-refractivity contribution in [3.8, 4) is 0 Å². The third kappa shape index (κ3) is 1.05. The zero-order valence-corrected chi connectivity index (χ0v) is 8.77. The normalized spacial score (nSPS) is 22.1. The molecule has 0 atom stereocenters. The summed E-state index contributed by atoms with van der Waals surface area (Å²) in [5, 5.41) is 3.50. The van der Waals surface area contributed by atoms with E-state index in [2.05, 4.69) is 30.6 Å². The lowest BCUT2D eigenvalue weighted by atomic mass is 9.96. The molecule has 0 unspecified atom stereocenters. The highest BCUT2D eigenvalue weighted by molar-refractivity contribution is 5.44. The van der Waals surface area contributed by atoms with Gasteiger partial charge in [0.25, 0.3) is 0 Å². The summed E-state index contributed by atoms with van der Waals surface area (Å²) < 4.78 is 0. The van der Waals surface area contributed by atoms with Crippen LogP contribution in [0.1, 0.15) is 36.0 Å². The summed E-state index contributed by atoms with van der Waals surface area (Å²) >= 11 is 0.